The van der Waals surface area contributed by atoms with E-state index in [2.05, 4.69) is 12.2 Å². The molecule has 0 bridgehead atoms. The van der Waals surface area contributed by atoms with E-state index in [1.54, 1.807) is 0 Å². The highest BCUT2D eigenvalue weighted by Crippen LogP contribution is 2.27. The monoisotopic (exact) mass is 298 g/mol. The van der Waals surface area contributed by atoms with Crippen molar-refractivity contribution in [2.75, 3.05) is 25.0 Å². The third kappa shape index (κ3) is 3.52. The molecule has 114 valence electrons. The molecule has 0 aliphatic rings. The molecule has 0 unspecified atom stereocenters. The normalized spacial score (nSPS) is 11.9. The summed E-state index contributed by atoms with van der Waals surface area (Å²) >= 11 is 0. The van der Waals surface area contributed by atoms with Gasteiger partial charge in [0.25, 0.3) is 0 Å². The summed E-state index contributed by atoms with van der Waals surface area (Å²) in [5, 5.41) is 3.30. The second-order valence-electron chi connectivity index (χ2n) is 4.96. The zero-order chi connectivity index (χ0) is 15.3. The van der Waals surface area contributed by atoms with Crippen molar-refractivity contribution in [1.82, 2.24) is 4.31 Å². The minimum absolute atomic E-state index is 0.447. The molecule has 20 heavy (non-hydrogen) atoms. The molecule has 0 heterocycles. The Bertz CT molecular complexity index is 526. The summed E-state index contributed by atoms with van der Waals surface area (Å²) in [4.78, 5) is 0.447. The molecule has 0 spiro atoms. The van der Waals surface area contributed by atoms with Crippen molar-refractivity contribution in [2.45, 2.75) is 45.9 Å². The van der Waals surface area contributed by atoms with Crippen molar-refractivity contribution < 1.29 is 8.42 Å². The van der Waals surface area contributed by atoms with Gasteiger partial charge in [-0.1, -0.05) is 20.8 Å². The van der Waals surface area contributed by atoms with Gasteiger partial charge in [-0.3, -0.25) is 0 Å². The Kier molecular flexibility index (Phi) is 6.02. The van der Waals surface area contributed by atoms with Crippen LogP contribution < -0.4 is 5.32 Å². The summed E-state index contributed by atoms with van der Waals surface area (Å²) in [6, 6.07) is 3.83. The predicted molar refractivity (Wildman–Crippen MR) is 84.8 cm³/mol. The molecule has 0 aliphatic carbocycles. The Balaban J connectivity index is 3.26. The highest BCUT2D eigenvalue weighted by atomic mass is 32.2. The van der Waals surface area contributed by atoms with Gasteiger partial charge in [-0.25, -0.2) is 8.42 Å². The van der Waals surface area contributed by atoms with Crippen LogP contribution in [-0.4, -0.2) is 32.4 Å². The lowest BCUT2D eigenvalue weighted by Gasteiger charge is -2.22. The molecule has 1 N–H and O–H groups in total. The van der Waals surface area contributed by atoms with Crippen molar-refractivity contribution in [3.05, 3.63) is 23.3 Å². The molecule has 5 heteroatoms. The van der Waals surface area contributed by atoms with Gasteiger partial charge >= 0.3 is 0 Å². The molecule has 0 aliphatic heterocycles. The van der Waals surface area contributed by atoms with Crippen LogP contribution in [0.5, 0.6) is 0 Å². The van der Waals surface area contributed by atoms with Gasteiger partial charge in [-0.05, 0) is 43.5 Å². The summed E-state index contributed by atoms with van der Waals surface area (Å²) < 4.78 is 26.8. The topological polar surface area (TPSA) is 49.4 Å². The molecule has 1 aromatic carbocycles. The second-order valence-corrected chi connectivity index (χ2v) is 6.83. The molecule has 0 amide bonds. The van der Waals surface area contributed by atoms with Crippen LogP contribution in [0, 0.1) is 13.8 Å². The summed E-state index contributed by atoms with van der Waals surface area (Å²) in [6.45, 7) is 11.4. The van der Waals surface area contributed by atoms with Crippen LogP contribution in [0.3, 0.4) is 0 Å². The van der Waals surface area contributed by atoms with Gasteiger partial charge in [0.05, 0.1) is 4.90 Å². The van der Waals surface area contributed by atoms with Crippen LogP contribution in [-0.2, 0) is 10.0 Å². The molecule has 0 radical (unpaired) electrons. The summed E-state index contributed by atoms with van der Waals surface area (Å²) in [7, 11) is -3.39. The number of rotatable bonds is 7. The minimum atomic E-state index is -3.39. The third-order valence-corrected chi connectivity index (χ3v) is 5.70. The maximum Gasteiger partial charge on any atom is 0.243 e. The van der Waals surface area contributed by atoms with Gasteiger partial charge in [0.2, 0.25) is 10.0 Å². The van der Waals surface area contributed by atoms with E-state index in [0.29, 0.717) is 18.0 Å². The smallest absolute Gasteiger partial charge is 0.243 e. The molecule has 1 aromatic rings. The van der Waals surface area contributed by atoms with Gasteiger partial charge in [0.15, 0.2) is 0 Å². The van der Waals surface area contributed by atoms with E-state index in [4.69, 9.17) is 0 Å². The SMILES string of the molecule is CCCNc1cc(C)c(S(=O)(=O)N(CC)CC)c(C)c1. The fraction of sp³-hybridized carbons (Fsp3) is 0.600. The van der Waals surface area contributed by atoms with Crippen LogP contribution in [0.1, 0.15) is 38.3 Å². The van der Waals surface area contributed by atoms with Crippen molar-refractivity contribution in [3.63, 3.8) is 0 Å². The number of aryl methyl sites for hydroxylation is 2. The molecule has 4 nitrogen and oxygen atoms in total. The number of nitrogens with one attached hydrogen (secondary N) is 1. The Labute approximate surface area is 123 Å². The van der Waals surface area contributed by atoms with Gasteiger partial charge in [-0.2, -0.15) is 4.31 Å². The lowest BCUT2D eigenvalue weighted by Crippen LogP contribution is -2.31. The van der Waals surface area contributed by atoms with Crippen molar-refractivity contribution in [3.8, 4) is 0 Å². The number of hydrogen-bond donors (Lipinski definition) is 1. The van der Waals surface area contributed by atoms with E-state index in [-0.39, 0.29) is 0 Å². The molecule has 1 rings (SSSR count). The first-order valence-electron chi connectivity index (χ1n) is 7.23. The molecule has 0 fully saturated rings. The van der Waals surface area contributed by atoms with Gasteiger partial charge in [-0.15, -0.1) is 0 Å². The molecular formula is C15H26N2O2S. The van der Waals surface area contributed by atoms with Crippen LogP contribution in [0.2, 0.25) is 0 Å². The summed E-state index contributed by atoms with van der Waals surface area (Å²) in [5.41, 5.74) is 2.59. The Morgan fingerprint density at radius 2 is 1.55 bits per heavy atom. The summed E-state index contributed by atoms with van der Waals surface area (Å²) in [5.74, 6) is 0. The Morgan fingerprint density at radius 1 is 1.05 bits per heavy atom. The zero-order valence-electron chi connectivity index (χ0n) is 13.2. The lowest BCUT2D eigenvalue weighted by molar-refractivity contribution is 0.444. The fourth-order valence-corrected chi connectivity index (χ4v) is 4.29. The second kappa shape index (κ2) is 7.09. The van der Waals surface area contributed by atoms with Crippen molar-refractivity contribution >= 4 is 15.7 Å². The number of sulfonamides is 1. The lowest BCUT2D eigenvalue weighted by atomic mass is 10.1. The molecule has 0 atom stereocenters. The van der Waals surface area contributed by atoms with Gasteiger partial charge in [0.1, 0.15) is 0 Å². The predicted octanol–water partition coefficient (Wildman–Crippen LogP) is 3.16. The molecular weight excluding hydrogens is 272 g/mol. The highest BCUT2D eigenvalue weighted by molar-refractivity contribution is 7.89. The average molecular weight is 298 g/mol. The zero-order valence-corrected chi connectivity index (χ0v) is 14.0. The van der Waals surface area contributed by atoms with Crippen molar-refractivity contribution in [2.24, 2.45) is 0 Å². The number of hydrogen-bond acceptors (Lipinski definition) is 3. The van der Waals surface area contributed by atoms with E-state index in [1.165, 1.54) is 4.31 Å². The van der Waals surface area contributed by atoms with Crippen LogP contribution in [0.15, 0.2) is 17.0 Å². The van der Waals surface area contributed by atoms with E-state index < -0.39 is 10.0 Å². The fourth-order valence-electron chi connectivity index (χ4n) is 2.42. The summed E-state index contributed by atoms with van der Waals surface area (Å²) in [6.07, 6.45) is 1.04. The Hall–Kier alpha value is -1.07. The van der Waals surface area contributed by atoms with Crippen molar-refractivity contribution in [1.29, 1.82) is 0 Å². The largest absolute Gasteiger partial charge is 0.385 e. The van der Waals surface area contributed by atoms with Crippen LogP contribution >= 0.6 is 0 Å². The van der Waals surface area contributed by atoms with E-state index in [1.807, 2.05) is 39.8 Å². The van der Waals surface area contributed by atoms with Gasteiger partial charge in [0, 0.05) is 25.3 Å². The van der Waals surface area contributed by atoms with E-state index in [0.717, 1.165) is 29.8 Å². The quantitative estimate of drug-likeness (QED) is 0.841. The highest BCUT2D eigenvalue weighted by Gasteiger charge is 2.25. The maximum atomic E-state index is 12.7. The standard InChI is InChI=1S/C15H26N2O2S/c1-6-9-16-14-10-12(4)15(13(5)11-14)20(18,19)17(7-2)8-3/h10-11,16H,6-9H2,1-5H3. The first-order valence-corrected chi connectivity index (χ1v) is 8.67. The number of nitrogens with zero attached hydrogens (tertiary/aromatic N) is 1. The number of benzene rings is 1. The molecule has 0 aromatic heterocycles. The number of anilines is 1. The van der Waals surface area contributed by atoms with Crippen LogP contribution in [0.25, 0.3) is 0 Å². The molecule has 0 saturated carbocycles. The average Bonchev–Trinajstić information content (AvgIpc) is 2.36. The maximum absolute atomic E-state index is 12.7. The van der Waals surface area contributed by atoms with Crippen LogP contribution in [0.4, 0.5) is 5.69 Å². The first-order chi connectivity index (χ1) is 9.38. The van der Waals surface area contributed by atoms with E-state index >= 15 is 0 Å². The third-order valence-electron chi connectivity index (χ3n) is 3.34. The molecule has 0 saturated heterocycles. The Morgan fingerprint density at radius 3 is 1.95 bits per heavy atom. The minimum Gasteiger partial charge on any atom is -0.385 e. The van der Waals surface area contributed by atoms with Gasteiger partial charge < -0.3 is 5.32 Å². The van der Waals surface area contributed by atoms with E-state index in [9.17, 15) is 8.42 Å². The first kappa shape index (κ1) is 17.0.